The highest BCUT2D eigenvalue weighted by molar-refractivity contribution is 5.86. The average Bonchev–Trinajstić information content (AvgIpc) is 2.80. The van der Waals surface area contributed by atoms with E-state index in [9.17, 15) is 4.79 Å². The van der Waals surface area contributed by atoms with E-state index in [1.54, 1.807) is 6.08 Å². The minimum absolute atomic E-state index is 0.227. The predicted octanol–water partition coefficient (Wildman–Crippen LogP) is 2.83. The number of carboxylic acids is 1. The van der Waals surface area contributed by atoms with Crippen LogP contribution >= 0.6 is 0 Å². The standard InChI is InChI=1S/C16H19N3O2/c1-4-10-18(12(2)3)16-13(8-9-15(20)21)19-11-6-5-7-14(19)17-16/h4-9,11-12H,1,10H2,2-3H3,(H,20,21)/b9-8+. The molecular weight excluding hydrogens is 266 g/mol. The molecule has 0 radical (unpaired) electrons. The molecule has 0 spiro atoms. The lowest BCUT2D eigenvalue weighted by molar-refractivity contribution is -0.131. The summed E-state index contributed by atoms with van der Waals surface area (Å²) in [5.74, 6) is -0.222. The third-order valence-corrected chi connectivity index (χ3v) is 3.15. The summed E-state index contributed by atoms with van der Waals surface area (Å²) < 4.78 is 1.88. The van der Waals surface area contributed by atoms with Crippen LogP contribution in [0.5, 0.6) is 0 Å². The molecule has 0 aliphatic rings. The molecule has 2 heterocycles. The number of aliphatic carboxylic acids is 1. The van der Waals surface area contributed by atoms with Gasteiger partial charge in [0.1, 0.15) is 5.65 Å². The van der Waals surface area contributed by atoms with E-state index in [0.29, 0.717) is 6.54 Å². The van der Waals surface area contributed by atoms with Crippen molar-refractivity contribution in [1.29, 1.82) is 0 Å². The molecule has 2 rings (SSSR count). The third kappa shape index (κ3) is 3.13. The van der Waals surface area contributed by atoms with Crippen LogP contribution in [0.15, 0.2) is 43.1 Å². The van der Waals surface area contributed by atoms with E-state index in [4.69, 9.17) is 5.11 Å². The van der Waals surface area contributed by atoms with Crippen molar-refractivity contribution >= 4 is 23.5 Å². The monoisotopic (exact) mass is 285 g/mol. The predicted molar refractivity (Wildman–Crippen MR) is 84.5 cm³/mol. The van der Waals surface area contributed by atoms with Crippen LogP contribution in [-0.4, -0.2) is 33.0 Å². The molecule has 5 nitrogen and oxygen atoms in total. The lowest BCUT2D eigenvalue weighted by atomic mass is 10.2. The Labute approximate surface area is 123 Å². The van der Waals surface area contributed by atoms with E-state index in [-0.39, 0.29) is 6.04 Å². The second kappa shape index (κ2) is 6.26. The summed E-state index contributed by atoms with van der Waals surface area (Å²) in [6, 6.07) is 5.92. The van der Waals surface area contributed by atoms with Gasteiger partial charge in [-0.25, -0.2) is 9.78 Å². The van der Waals surface area contributed by atoms with Gasteiger partial charge in [-0.2, -0.15) is 0 Å². The molecule has 5 heteroatoms. The molecular formula is C16H19N3O2. The first-order chi connectivity index (χ1) is 10.0. The first-order valence-corrected chi connectivity index (χ1v) is 6.80. The number of rotatable bonds is 6. The molecule has 0 unspecified atom stereocenters. The summed E-state index contributed by atoms with van der Waals surface area (Å²) in [7, 11) is 0. The zero-order valence-corrected chi connectivity index (χ0v) is 12.2. The summed E-state index contributed by atoms with van der Waals surface area (Å²) in [5.41, 5.74) is 1.54. The molecule has 0 amide bonds. The number of nitrogens with zero attached hydrogens (tertiary/aromatic N) is 3. The van der Waals surface area contributed by atoms with Gasteiger partial charge in [-0.15, -0.1) is 6.58 Å². The number of hydrogen-bond acceptors (Lipinski definition) is 3. The first-order valence-electron chi connectivity index (χ1n) is 6.80. The van der Waals surface area contributed by atoms with Crippen LogP contribution in [0.3, 0.4) is 0 Å². The van der Waals surface area contributed by atoms with Crippen molar-refractivity contribution < 1.29 is 9.90 Å². The molecule has 2 aromatic heterocycles. The molecule has 21 heavy (non-hydrogen) atoms. The van der Waals surface area contributed by atoms with Crippen molar-refractivity contribution in [2.75, 3.05) is 11.4 Å². The van der Waals surface area contributed by atoms with Crippen LogP contribution < -0.4 is 4.90 Å². The van der Waals surface area contributed by atoms with Gasteiger partial charge in [0.2, 0.25) is 0 Å². The smallest absolute Gasteiger partial charge is 0.328 e. The second-order valence-electron chi connectivity index (χ2n) is 4.96. The zero-order chi connectivity index (χ0) is 15.4. The van der Waals surface area contributed by atoms with Crippen molar-refractivity contribution in [2.24, 2.45) is 0 Å². The molecule has 0 saturated heterocycles. The quantitative estimate of drug-likeness (QED) is 0.655. The Morgan fingerprint density at radius 2 is 2.29 bits per heavy atom. The maximum atomic E-state index is 10.8. The van der Waals surface area contributed by atoms with Gasteiger partial charge >= 0.3 is 5.97 Å². The normalized spacial score (nSPS) is 11.4. The van der Waals surface area contributed by atoms with Crippen LogP contribution in [0.4, 0.5) is 5.82 Å². The Bertz CT molecular complexity index is 686. The molecule has 0 aliphatic carbocycles. The molecule has 0 atom stereocenters. The summed E-state index contributed by atoms with van der Waals surface area (Å²) in [4.78, 5) is 17.5. The summed E-state index contributed by atoms with van der Waals surface area (Å²) >= 11 is 0. The van der Waals surface area contributed by atoms with Crippen molar-refractivity contribution in [3.8, 4) is 0 Å². The van der Waals surface area contributed by atoms with E-state index in [2.05, 4.69) is 30.3 Å². The van der Waals surface area contributed by atoms with Crippen LogP contribution in [0, 0.1) is 0 Å². The molecule has 110 valence electrons. The van der Waals surface area contributed by atoms with Crippen LogP contribution in [0.25, 0.3) is 11.7 Å². The summed E-state index contributed by atoms with van der Waals surface area (Å²) in [5, 5.41) is 8.88. The van der Waals surface area contributed by atoms with Crippen LogP contribution in [-0.2, 0) is 4.79 Å². The maximum absolute atomic E-state index is 10.8. The largest absolute Gasteiger partial charge is 0.478 e. The van der Waals surface area contributed by atoms with Gasteiger partial charge in [-0.1, -0.05) is 12.1 Å². The second-order valence-corrected chi connectivity index (χ2v) is 4.96. The Kier molecular flexibility index (Phi) is 4.42. The SMILES string of the molecule is C=CCN(c1nc2ccccn2c1/C=C/C(=O)O)C(C)C. The molecule has 0 aliphatic heterocycles. The highest BCUT2D eigenvalue weighted by Gasteiger charge is 2.18. The fraction of sp³-hybridized carbons (Fsp3) is 0.250. The van der Waals surface area contributed by atoms with Gasteiger partial charge < -0.3 is 10.0 Å². The lowest BCUT2D eigenvalue weighted by Crippen LogP contribution is -2.31. The number of aromatic nitrogens is 2. The van der Waals surface area contributed by atoms with Gasteiger partial charge in [-0.05, 0) is 32.1 Å². The number of carboxylic acid groups (broad SMARTS) is 1. The third-order valence-electron chi connectivity index (χ3n) is 3.15. The number of pyridine rings is 1. The van der Waals surface area contributed by atoms with E-state index >= 15 is 0 Å². The first kappa shape index (κ1) is 14.8. The van der Waals surface area contributed by atoms with Gasteiger partial charge in [0.15, 0.2) is 5.82 Å². The molecule has 0 fully saturated rings. The Morgan fingerprint density at radius 3 is 2.90 bits per heavy atom. The highest BCUT2D eigenvalue weighted by Crippen LogP contribution is 2.24. The van der Waals surface area contributed by atoms with Crippen LogP contribution in [0.2, 0.25) is 0 Å². The fourth-order valence-electron chi connectivity index (χ4n) is 2.20. The molecule has 1 N–H and O–H groups in total. The van der Waals surface area contributed by atoms with Crippen molar-refractivity contribution in [1.82, 2.24) is 9.38 Å². The van der Waals surface area contributed by atoms with Gasteiger partial charge in [-0.3, -0.25) is 4.40 Å². The molecule has 0 aromatic carbocycles. The summed E-state index contributed by atoms with van der Waals surface area (Å²) in [6.45, 7) is 8.56. The molecule has 2 aromatic rings. The van der Waals surface area contributed by atoms with E-state index in [1.807, 2.05) is 34.9 Å². The number of hydrogen-bond donors (Lipinski definition) is 1. The number of carbonyl (C=O) groups is 1. The Balaban J connectivity index is 2.62. The number of anilines is 1. The molecule has 0 saturated carbocycles. The Morgan fingerprint density at radius 1 is 1.52 bits per heavy atom. The van der Waals surface area contributed by atoms with Crippen molar-refractivity contribution in [3.63, 3.8) is 0 Å². The minimum Gasteiger partial charge on any atom is -0.478 e. The van der Waals surface area contributed by atoms with E-state index < -0.39 is 5.97 Å². The van der Waals surface area contributed by atoms with Gasteiger partial charge in [0.05, 0.1) is 5.69 Å². The maximum Gasteiger partial charge on any atom is 0.328 e. The van der Waals surface area contributed by atoms with Crippen LogP contribution in [0.1, 0.15) is 19.5 Å². The van der Waals surface area contributed by atoms with Gasteiger partial charge in [0.25, 0.3) is 0 Å². The minimum atomic E-state index is -0.980. The van der Waals surface area contributed by atoms with E-state index in [1.165, 1.54) is 0 Å². The fourth-order valence-corrected chi connectivity index (χ4v) is 2.20. The van der Waals surface area contributed by atoms with Gasteiger partial charge in [0, 0.05) is 24.9 Å². The van der Waals surface area contributed by atoms with Crippen molar-refractivity contribution in [3.05, 3.63) is 48.8 Å². The Hall–Kier alpha value is -2.56. The number of imidazole rings is 1. The molecule has 0 bridgehead atoms. The lowest BCUT2D eigenvalue weighted by Gasteiger charge is -2.26. The topological polar surface area (TPSA) is 57.8 Å². The van der Waals surface area contributed by atoms with Crippen molar-refractivity contribution in [2.45, 2.75) is 19.9 Å². The summed E-state index contributed by atoms with van der Waals surface area (Å²) in [6.07, 6.45) is 6.40. The highest BCUT2D eigenvalue weighted by atomic mass is 16.4. The number of fused-ring (bicyclic) bond motifs is 1. The zero-order valence-electron chi connectivity index (χ0n) is 12.2. The average molecular weight is 285 g/mol. The van der Waals surface area contributed by atoms with E-state index in [0.717, 1.165) is 23.2 Å².